The Morgan fingerprint density at radius 3 is 1.37 bits per heavy atom. The fraction of sp³-hybridized carbons (Fsp3) is 0.265. The highest BCUT2D eigenvalue weighted by molar-refractivity contribution is 6.49. The first-order chi connectivity index (χ1) is 21.1. The standard InChI is InChI=1S/C34H32BN3O5/c1-40-33(24-15-7-3-8-16-24,25-17-9-4-10-18-25)30-31(43-35(42-30)29-23-28(29)32(39)37-38-36)34(41-2,26-19-11-5-12-20-26)27-21-13-6-14-22-27/h3-22,28-31H,23H2,1-2H3/t28-,29-,30+,31+/m0/s1. The Morgan fingerprint density at radius 1 is 0.721 bits per heavy atom. The molecule has 0 aromatic heterocycles. The van der Waals surface area contributed by atoms with Crippen LogP contribution >= 0.6 is 0 Å². The highest BCUT2D eigenvalue weighted by atomic mass is 16.7. The van der Waals surface area contributed by atoms with Gasteiger partial charge in [0, 0.05) is 30.9 Å². The quantitative estimate of drug-likeness (QED) is 0.0913. The number of carbonyl (C=O) groups is 1. The van der Waals surface area contributed by atoms with Gasteiger partial charge in [-0.2, -0.15) is 0 Å². The minimum absolute atomic E-state index is 0.285. The molecule has 4 aromatic rings. The van der Waals surface area contributed by atoms with Crippen LogP contribution in [-0.2, 0) is 34.8 Å². The first-order valence-corrected chi connectivity index (χ1v) is 14.3. The van der Waals surface area contributed by atoms with Crippen molar-refractivity contribution in [1.29, 1.82) is 0 Å². The summed E-state index contributed by atoms with van der Waals surface area (Å²) in [5.41, 5.74) is 10.1. The molecule has 1 aliphatic heterocycles. The number of benzene rings is 4. The molecule has 1 aliphatic carbocycles. The third kappa shape index (κ3) is 4.95. The highest BCUT2D eigenvalue weighted by Crippen LogP contribution is 2.56. The molecule has 0 radical (unpaired) electrons. The number of azide groups is 1. The Kier molecular flexibility index (Phi) is 8.17. The zero-order chi connectivity index (χ0) is 29.9. The zero-order valence-electron chi connectivity index (χ0n) is 24.0. The fourth-order valence-electron chi connectivity index (χ4n) is 6.64. The summed E-state index contributed by atoms with van der Waals surface area (Å²) in [5.74, 6) is -1.27. The summed E-state index contributed by atoms with van der Waals surface area (Å²) in [6.45, 7) is 0. The lowest BCUT2D eigenvalue weighted by molar-refractivity contribution is -0.136. The van der Waals surface area contributed by atoms with E-state index in [9.17, 15) is 4.79 Å². The molecular weight excluding hydrogens is 541 g/mol. The van der Waals surface area contributed by atoms with Crippen LogP contribution in [0.3, 0.4) is 0 Å². The van der Waals surface area contributed by atoms with Gasteiger partial charge in [-0.1, -0.05) is 121 Å². The Labute approximate surface area is 251 Å². The van der Waals surface area contributed by atoms with Crippen molar-refractivity contribution in [3.05, 3.63) is 154 Å². The van der Waals surface area contributed by atoms with E-state index in [1.54, 1.807) is 14.2 Å². The Morgan fingerprint density at radius 2 is 1.07 bits per heavy atom. The molecule has 2 fully saturated rings. The molecule has 0 bridgehead atoms. The fourth-order valence-corrected chi connectivity index (χ4v) is 6.64. The Balaban J connectivity index is 1.58. The molecule has 1 heterocycles. The number of carbonyl (C=O) groups excluding carboxylic acids is 1. The molecule has 8 nitrogen and oxygen atoms in total. The average molecular weight is 573 g/mol. The van der Waals surface area contributed by atoms with Crippen molar-refractivity contribution in [2.75, 3.05) is 14.2 Å². The van der Waals surface area contributed by atoms with Gasteiger partial charge in [-0.3, -0.25) is 4.79 Å². The van der Waals surface area contributed by atoms with Gasteiger partial charge in [-0.05, 0) is 39.3 Å². The van der Waals surface area contributed by atoms with Crippen molar-refractivity contribution in [2.45, 2.75) is 35.6 Å². The first-order valence-electron chi connectivity index (χ1n) is 14.3. The molecular formula is C34H32BN3O5. The topological polar surface area (TPSA) is 103 Å². The van der Waals surface area contributed by atoms with E-state index in [1.165, 1.54) is 0 Å². The average Bonchev–Trinajstić information content (AvgIpc) is 3.76. The maximum absolute atomic E-state index is 12.5. The zero-order valence-corrected chi connectivity index (χ0v) is 24.0. The normalized spacial score (nSPS) is 21.7. The maximum atomic E-state index is 12.5. The van der Waals surface area contributed by atoms with Gasteiger partial charge in [0.25, 0.3) is 0 Å². The third-order valence-corrected chi connectivity index (χ3v) is 8.74. The summed E-state index contributed by atoms with van der Waals surface area (Å²) < 4.78 is 27.1. The predicted octanol–water partition coefficient (Wildman–Crippen LogP) is 6.67. The number of hydrogen-bond acceptors (Lipinski definition) is 5. The summed E-state index contributed by atoms with van der Waals surface area (Å²) >= 11 is 0. The molecule has 9 heteroatoms. The molecule has 6 rings (SSSR count). The van der Waals surface area contributed by atoms with Crippen LogP contribution in [0.2, 0.25) is 5.82 Å². The van der Waals surface area contributed by atoms with Crippen LogP contribution in [0.25, 0.3) is 10.4 Å². The maximum Gasteiger partial charge on any atom is 0.461 e. The van der Waals surface area contributed by atoms with Gasteiger partial charge < -0.3 is 18.8 Å². The second-order valence-corrected chi connectivity index (χ2v) is 10.9. The van der Waals surface area contributed by atoms with E-state index in [-0.39, 0.29) is 5.82 Å². The lowest BCUT2D eigenvalue weighted by Gasteiger charge is -2.47. The van der Waals surface area contributed by atoms with E-state index in [4.69, 9.17) is 24.3 Å². The number of amides is 1. The molecule has 4 atom stereocenters. The van der Waals surface area contributed by atoms with Crippen molar-refractivity contribution in [2.24, 2.45) is 11.0 Å². The van der Waals surface area contributed by atoms with Gasteiger partial charge >= 0.3 is 7.12 Å². The number of ether oxygens (including phenoxy) is 2. The summed E-state index contributed by atoms with van der Waals surface area (Å²) in [4.78, 5) is 15.3. The van der Waals surface area contributed by atoms with Gasteiger partial charge in [0.15, 0.2) is 0 Å². The molecule has 0 N–H and O–H groups in total. The van der Waals surface area contributed by atoms with Gasteiger partial charge in [-0.25, -0.2) is 0 Å². The van der Waals surface area contributed by atoms with E-state index in [1.807, 2.05) is 121 Å². The smallest absolute Gasteiger partial charge is 0.402 e. The summed E-state index contributed by atoms with van der Waals surface area (Å²) in [5, 5.41) is 3.35. The Bertz CT molecular complexity index is 1410. The molecule has 1 amide bonds. The second-order valence-electron chi connectivity index (χ2n) is 10.9. The minimum atomic E-state index is -1.13. The number of methoxy groups -OCH3 is 2. The highest BCUT2D eigenvalue weighted by Gasteiger charge is 2.66. The number of hydrogen-bond donors (Lipinski definition) is 0. The van der Waals surface area contributed by atoms with Gasteiger partial charge in [-0.15, -0.1) is 0 Å². The van der Waals surface area contributed by atoms with Gasteiger partial charge in [0.05, 0.1) is 0 Å². The number of nitrogens with zero attached hydrogens (tertiary/aromatic N) is 3. The van der Waals surface area contributed by atoms with Crippen LogP contribution in [0.5, 0.6) is 0 Å². The lowest BCUT2D eigenvalue weighted by Crippen LogP contribution is -2.56. The van der Waals surface area contributed by atoms with E-state index in [0.29, 0.717) is 6.42 Å². The molecule has 43 heavy (non-hydrogen) atoms. The SMILES string of the molecule is COC(c1ccccc1)(c1ccccc1)[C@@H]1OB([C@H]2C[C@@H]2C(=O)N=[N+]=[N-])O[C@H]1C(OC)(c1ccccc1)c1ccccc1. The molecule has 216 valence electrons. The monoisotopic (exact) mass is 573 g/mol. The van der Waals surface area contributed by atoms with E-state index >= 15 is 0 Å². The molecule has 1 saturated heterocycles. The van der Waals surface area contributed by atoms with E-state index in [2.05, 4.69) is 10.0 Å². The first kappa shape index (κ1) is 28.9. The van der Waals surface area contributed by atoms with Crippen molar-refractivity contribution in [3.8, 4) is 0 Å². The van der Waals surface area contributed by atoms with Crippen LogP contribution in [0.4, 0.5) is 0 Å². The van der Waals surface area contributed by atoms with Crippen LogP contribution in [0.1, 0.15) is 28.7 Å². The third-order valence-electron chi connectivity index (χ3n) is 8.74. The van der Waals surface area contributed by atoms with E-state index < -0.39 is 42.4 Å². The lowest BCUT2D eigenvalue weighted by atomic mass is 9.71. The van der Waals surface area contributed by atoms with Gasteiger partial charge in [0.1, 0.15) is 23.4 Å². The minimum Gasteiger partial charge on any atom is -0.402 e. The summed E-state index contributed by atoms with van der Waals surface area (Å²) in [6, 6.07) is 39.8. The second kappa shape index (κ2) is 12.2. The molecule has 0 spiro atoms. The summed E-state index contributed by atoms with van der Waals surface area (Å²) in [7, 11) is 2.58. The van der Waals surface area contributed by atoms with Crippen molar-refractivity contribution in [3.63, 3.8) is 0 Å². The van der Waals surface area contributed by atoms with Crippen molar-refractivity contribution < 1.29 is 23.6 Å². The van der Waals surface area contributed by atoms with Crippen LogP contribution < -0.4 is 0 Å². The largest absolute Gasteiger partial charge is 0.461 e. The van der Waals surface area contributed by atoms with Crippen molar-refractivity contribution in [1.82, 2.24) is 0 Å². The van der Waals surface area contributed by atoms with Gasteiger partial charge in [0.2, 0.25) is 5.91 Å². The number of rotatable bonds is 10. The molecule has 1 saturated carbocycles. The predicted molar refractivity (Wildman–Crippen MR) is 163 cm³/mol. The molecule has 4 aromatic carbocycles. The molecule has 2 aliphatic rings. The van der Waals surface area contributed by atoms with E-state index in [0.717, 1.165) is 22.3 Å². The van der Waals surface area contributed by atoms with Crippen LogP contribution in [0, 0.1) is 5.92 Å². The van der Waals surface area contributed by atoms with Crippen LogP contribution in [-0.4, -0.2) is 39.5 Å². The Hall–Kier alpha value is -4.24. The summed E-state index contributed by atoms with van der Waals surface area (Å²) in [6.07, 6.45) is -0.998. The molecule has 0 unspecified atom stereocenters. The van der Waals surface area contributed by atoms with Crippen LogP contribution in [0.15, 0.2) is 126 Å². The van der Waals surface area contributed by atoms with Crippen molar-refractivity contribution >= 4 is 13.0 Å².